The van der Waals surface area contributed by atoms with Gasteiger partial charge in [-0.2, -0.15) is 0 Å². The van der Waals surface area contributed by atoms with Gasteiger partial charge in [0.1, 0.15) is 0 Å². The lowest BCUT2D eigenvalue weighted by Gasteiger charge is -2.30. The van der Waals surface area contributed by atoms with Gasteiger partial charge in [-0.05, 0) is 29.7 Å². The van der Waals surface area contributed by atoms with Crippen molar-refractivity contribution < 1.29 is 4.74 Å². The summed E-state index contributed by atoms with van der Waals surface area (Å²) in [6.07, 6.45) is 3.24. The van der Waals surface area contributed by atoms with Gasteiger partial charge in [0.2, 0.25) is 0 Å². The maximum Gasteiger partial charge on any atom is 0.0653 e. The van der Waals surface area contributed by atoms with Crippen LogP contribution in [0.2, 0.25) is 0 Å². The quantitative estimate of drug-likeness (QED) is 0.860. The van der Waals surface area contributed by atoms with Crippen LogP contribution in [-0.4, -0.2) is 39.4 Å². The van der Waals surface area contributed by atoms with Gasteiger partial charge in [-0.1, -0.05) is 18.2 Å². The van der Waals surface area contributed by atoms with Crippen LogP contribution in [0.1, 0.15) is 12.0 Å². The Balaban J connectivity index is 1.81. The number of ether oxygens (including phenoxy) is 1. The highest BCUT2D eigenvalue weighted by molar-refractivity contribution is 5.69. The van der Waals surface area contributed by atoms with Crippen molar-refractivity contribution in [1.82, 2.24) is 5.32 Å². The molecule has 1 N–H and O–H groups in total. The number of hydrogen-bond donors (Lipinski definition) is 1. The molecule has 0 atom stereocenters. The predicted octanol–water partition coefficient (Wildman–Crippen LogP) is 1.90. The molecule has 2 aliphatic rings. The first kappa shape index (κ1) is 11.8. The molecule has 0 spiro atoms. The van der Waals surface area contributed by atoms with Crippen LogP contribution in [-0.2, 0) is 4.74 Å². The largest absolute Gasteiger partial charge is 0.377 e. The molecule has 18 heavy (non-hydrogen) atoms. The number of rotatable bonds is 2. The van der Waals surface area contributed by atoms with Crippen LogP contribution in [0.3, 0.4) is 0 Å². The standard InChI is InChI=1S/C15H20N2O/c1-2-14(13-4-10-18-11-5-13)12-15(3-1)17-8-6-16-7-9-17/h1-4,12,16H,5-11H2. The number of nitrogens with zero attached hydrogens (tertiary/aromatic N) is 1. The van der Waals surface area contributed by atoms with E-state index in [1.165, 1.54) is 16.8 Å². The fourth-order valence-electron chi connectivity index (χ4n) is 2.61. The summed E-state index contributed by atoms with van der Waals surface area (Å²) in [6, 6.07) is 8.92. The minimum Gasteiger partial charge on any atom is -0.377 e. The fourth-order valence-corrected chi connectivity index (χ4v) is 2.61. The lowest BCUT2D eigenvalue weighted by atomic mass is 10.0. The molecule has 1 saturated heterocycles. The van der Waals surface area contributed by atoms with E-state index in [-0.39, 0.29) is 0 Å². The summed E-state index contributed by atoms with van der Waals surface area (Å²) in [5.41, 5.74) is 4.13. The van der Waals surface area contributed by atoms with Crippen molar-refractivity contribution in [3.63, 3.8) is 0 Å². The Labute approximate surface area is 108 Å². The second kappa shape index (κ2) is 5.55. The number of hydrogen-bond acceptors (Lipinski definition) is 3. The molecule has 1 aromatic carbocycles. The van der Waals surface area contributed by atoms with E-state index in [1.54, 1.807) is 0 Å². The van der Waals surface area contributed by atoms with E-state index in [1.807, 2.05) is 0 Å². The number of benzene rings is 1. The van der Waals surface area contributed by atoms with Crippen molar-refractivity contribution in [3.8, 4) is 0 Å². The van der Waals surface area contributed by atoms with Crippen molar-refractivity contribution in [2.24, 2.45) is 0 Å². The first-order chi connectivity index (χ1) is 8.93. The molecule has 2 heterocycles. The van der Waals surface area contributed by atoms with Gasteiger partial charge in [0.25, 0.3) is 0 Å². The summed E-state index contributed by atoms with van der Waals surface area (Å²) < 4.78 is 5.37. The second-order valence-electron chi connectivity index (χ2n) is 4.84. The highest BCUT2D eigenvalue weighted by Gasteiger charge is 2.12. The maximum absolute atomic E-state index is 5.37. The Hall–Kier alpha value is -1.32. The molecule has 3 heteroatoms. The summed E-state index contributed by atoms with van der Waals surface area (Å²) in [5, 5.41) is 3.39. The van der Waals surface area contributed by atoms with Crippen LogP contribution in [0.25, 0.3) is 5.57 Å². The van der Waals surface area contributed by atoms with Gasteiger partial charge < -0.3 is 15.0 Å². The van der Waals surface area contributed by atoms with Crippen molar-refractivity contribution in [3.05, 3.63) is 35.9 Å². The van der Waals surface area contributed by atoms with Crippen LogP contribution in [0.15, 0.2) is 30.3 Å². The zero-order valence-corrected chi connectivity index (χ0v) is 10.7. The SMILES string of the molecule is C1=C(c2cccc(N3CCNCC3)c2)CCOC1. The Morgan fingerprint density at radius 1 is 1.17 bits per heavy atom. The summed E-state index contributed by atoms with van der Waals surface area (Å²) >= 11 is 0. The molecule has 0 unspecified atom stereocenters. The van der Waals surface area contributed by atoms with E-state index in [2.05, 4.69) is 40.6 Å². The van der Waals surface area contributed by atoms with Crippen molar-refractivity contribution in [2.45, 2.75) is 6.42 Å². The third kappa shape index (κ3) is 2.57. The van der Waals surface area contributed by atoms with Gasteiger partial charge in [-0.15, -0.1) is 0 Å². The highest BCUT2D eigenvalue weighted by Crippen LogP contribution is 2.25. The zero-order chi connectivity index (χ0) is 12.2. The first-order valence-electron chi connectivity index (χ1n) is 6.76. The smallest absolute Gasteiger partial charge is 0.0653 e. The number of anilines is 1. The second-order valence-corrected chi connectivity index (χ2v) is 4.84. The minimum atomic E-state index is 0.757. The van der Waals surface area contributed by atoms with Gasteiger partial charge in [0, 0.05) is 31.9 Å². The molecule has 0 aromatic heterocycles. The third-order valence-electron chi connectivity index (χ3n) is 3.66. The van der Waals surface area contributed by atoms with Gasteiger partial charge in [-0.3, -0.25) is 0 Å². The molecule has 2 aliphatic heterocycles. The molecule has 1 fully saturated rings. The Bertz CT molecular complexity index is 436. The van der Waals surface area contributed by atoms with E-state index in [0.717, 1.165) is 45.8 Å². The summed E-state index contributed by atoms with van der Waals surface area (Å²) in [7, 11) is 0. The van der Waals surface area contributed by atoms with Gasteiger partial charge in [0.15, 0.2) is 0 Å². The molecule has 0 amide bonds. The summed E-state index contributed by atoms with van der Waals surface area (Å²) in [5.74, 6) is 0. The molecule has 96 valence electrons. The van der Waals surface area contributed by atoms with Gasteiger partial charge >= 0.3 is 0 Å². The minimum absolute atomic E-state index is 0.757. The average Bonchev–Trinajstić information content (AvgIpc) is 2.49. The fraction of sp³-hybridized carbons (Fsp3) is 0.467. The highest BCUT2D eigenvalue weighted by atomic mass is 16.5. The van der Waals surface area contributed by atoms with E-state index in [4.69, 9.17) is 4.74 Å². The van der Waals surface area contributed by atoms with Crippen molar-refractivity contribution in [1.29, 1.82) is 0 Å². The maximum atomic E-state index is 5.37. The lowest BCUT2D eigenvalue weighted by Crippen LogP contribution is -2.43. The normalized spacial score (nSPS) is 20.7. The summed E-state index contributed by atoms with van der Waals surface area (Å²) in [4.78, 5) is 2.46. The molecule has 3 nitrogen and oxygen atoms in total. The Kier molecular flexibility index (Phi) is 3.62. The molecule has 3 rings (SSSR count). The van der Waals surface area contributed by atoms with Gasteiger partial charge in [-0.25, -0.2) is 0 Å². The Morgan fingerprint density at radius 3 is 2.83 bits per heavy atom. The zero-order valence-electron chi connectivity index (χ0n) is 10.7. The van der Waals surface area contributed by atoms with E-state index in [0.29, 0.717) is 0 Å². The molecule has 0 saturated carbocycles. The lowest BCUT2D eigenvalue weighted by molar-refractivity contribution is 0.161. The van der Waals surface area contributed by atoms with Crippen molar-refractivity contribution >= 4 is 11.3 Å². The molecule has 0 radical (unpaired) electrons. The molecule has 0 aliphatic carbocycles. The van der Waals surface area contributed by atoms with E-state index >= 15 is 0 Å². The first-order valence-corrected chi connectivity index (χ1v) is 6.76. The van der Waals surface area contributed by atoms with Crippen LogP contribution in [0.5, 0.6) is 0 Å². The van der Waals surface area contributed by atoms with Crippen LogP contribution in [0, 0.1) is 0 Å². The van der Waals surface area contributed by atoms with Crippen LogP contribution in [0.4, 0.5) is 5.69 Å². The van der Waals surface area contributed by atoms with Gasteiger partial charge in [0.05, 0.1) is 13.2 Å². The predicted molar refractivity (Wildman–Crippen MR) is 74.9 cm³/mol. The third-order valence-corrected chi connectivity index (χ3v) is 3.66. The molecule has 0 bridgehead atoms. The monoisotopic (exact) mass is 244 g/mol. The Morgan fingerprint density at radius 2 is 2.06 bits per heavy atom. The number of piperazine rings is 1. The van der Waals surface area contributed by atoms with Crippen molar-refractivity contribution in [2.75, 3.05) is 44.3 Å². The van der Waals surface area contributed by atoms with E-state index in [9.17, 15) is 0 Å². The molecular formula is C15H20N2O. The topological polar surface area (TPSA) is 24.5 Å². The van der Waals surface area contributed by atoms with Crippen LogP contribution >= 0.6 is 0 Å². The summed E-state index contributed by atoms with van der Waals surface area (Å²) in [6.45, 7) is 5.98. The average molecular weight is 244 g/mol. The van der Waals surface area contributed by atoms with E-state index < -0.39 is 0 Å². The molecule has 1 aromatic rings. The number of nitrogens with one attached hydrogen (secondary N) is 1. The molecular weight excluding hydrogens is 224 g/mol. The van der Waals surface area contributed by atoms with Crippen LogP contribution < -0.4 is 10.2 Å².